The van der Waals surface area contributed by atoms with Gasteiger partial charge in [0.1, 0.15) is 6.04 Å². The summed E-state index contributed by atoms with van der Waals surface area (Å²) in [5.74, 6) is 5.29. The summed E-state index contributed by atoms with van der Waals surface area (Å²) < 4.78 is 0. The highest BCUT2D eigenvalue weighted by atomic mass is 16.2. The molecule has 1 heterocycles. The fraction of sp³-hybridized carbons (Fsp3) is 0.571. The minimum absolute atomic E-state index is 0.0220. The summed E-state index contributed by atoms with van der Waals surface area (Å²) in [6, 6.07) is 9.34. The molecule has 4 amide bonds. The molecule has 3 atom stereocenters. The molecule has 7 N–H and O–H groups in total. The Balaban J connectivity index is 1.50. The Bertz CT molecular complexity index is 685. The second-order valence-electron chi connectivity index (χ2n) is 7.66. The number of carbonyl (C=O) groups excluding carboxylic acids is 3. The molecule has 0 unspecified atom stereocenters. The topological polar surface area (TPSA) is 137 Å². The summed E-state index contributed by atoms with van der Waals surface area (Å²) in [7, 11) is 0. The van der Waals surface area contributed by atoms with E-state index in [0.29, 0.717) is 25.9 Å². The maximum absolute atomic E-state index is 12.2. The summed E-state index contributed by atoms with van der Waals surface area (Å²) in [5.41, 5.74) is 3.56. The molecule has 166 valence electrons. The maximum Gasteiger partial charge on any atom is 0.315 e. The molecule has 0 bridgehead atoms. The van der Waals surface area contributed by atoms with E-state index in [9.17, 15) is 14.4 Å². The third-order valence-electron chi connectivity index (χ3n) is 5.24. The first-order chi connectivity index (χ1) is 14.5. The van der Waals surface area contributed by atoms with Crippen molar-refractivity contribution in [2.24, 2.45) is 5.84 Å². The highest BCUT2D eigenvalue weighted by molar-refractivity contribution is 5.82. The first kappa shape index (κ1) is 23.6. The van der Waals surface area contributed by atoms with Gasteiger partial charge in [0.25, 0.3) is 0 Å². The number of nitrogens with two attached hydrogens (primary N) is 1. The first-order valence-electron chi connectivity index (χ1n) is 10.6. The van der Waals surface area contributed by atoms with E-state index in [2.05, 4.69) is 26.7 Å². The average Bonchev–Trinajstić information content (AvgIpc) is 3.06. The molecule has 30 heavy (non-hydrogen) atoms. The number of unbranched alkanes of at least 4 members (excludes halogenated alkanes) is 2. The monoisotopic (exact) mass is 418 g/mol. The lowest BCUT2D eigenvalue weighted by molar-refractivity contribution is -0.124. The second kappa shape index (κ2) is 12.8. The molecule has 1 aliphatic rings. The number of hydrogen-bond acceptors (Lipinski definition) is 5. The third kappa shape index (κ3) is 8.38. The number of hydrazine groups is 1. The van der Waals surface area contributed by atoms with Crippen molar-refractivity contribution in [2.45, 2.75) is 63.6 Å². The van der Waals surface area contributed by atoms with Crippen molar-refractivity contribution >= 4 is 17.8 Å². The summed E-state index contributed by atoms with van der Waals surface area (Å²) in [4.78, 5) is 35.4. The van der Waals surface area contributed by atoms with Gasteiger partial charge < -0.3 is 21.3 Å². The molecule has 0 spiro atoms. The van der Waals surface area contributed by atoms with E-state index in [1.165, 1.54) is 0 Å². The van der Waals surface area contributed by atoms with Crippen LogP contribution < -0.4 is 32.5 Å². The highest BCUT2D eigenvalue weighted by Gasteiger charge is 2.26. The van der Waals surface area contributed by atoms with Gasteiger partial charge in [-0.3, -0.25) is 15.4 Å². The van der Waals surface area contributed by atoms with Gasteiger partial charge in [-0.2, -0.15) is 0 Å². The molecule has 1 aromatic carbocycles. The van der Waals surface area contributed by atoms with E-state index in [-0.39, 0.29) is 29.9 Å². The Hall–Kier alpha value is -2.65. The van der Waals surface area contributed by atoms with Crippen LogP contribution in [0.2, 0.25) is 0 Å². The lowest BCUT2D eigenvalue weighted by Gasteiger charge is -2.16. The van der Waals surface area contributed by atoms with Gasteiger partial charge in [-0.05, 0) is 31.7 Å². The van der Waals surface area contributed by atoms with Crippen LogP contribution in [0.5, 0.6) is 0 Å². The fourth-order valence-electron chi connectivity index (χ4n) is 3.47. The van der Waals surface area contributed by atoms with Crippen molar-refractivity contribution in [3.63, 3.8) is 0 Å². The number of amides is 4. The van der Waals surface area contributed by atoms with Crippen LogP contribution in [0.1, 0.15) is 44.6 Å². The van der Waals surface area contributed by atoms with Gasteiger partial charge in [0.2, 0.25) is 11.8 Å². The number of benzene rings is 1. The number of nitrogens with one attached hydrogen (secondary N) is 5. The molecule has 1 fully saturated rings. The van der Waals surface area contributed by atoms with Gasteiger partial charge in [-0.15, -0.1) is 0 Å². The Kier molecular flexibility index (Phi) is 10.1. The molecule has 0 radical (unpaired) electrons. The predicted molar refractivity (Wildman–Crippen MR) is 115 cm³/mol. The van der Waals surface area contributed by atoms with Crippen molar-refractivity contribution in [2.75, 3.05) is 13.1 Å². The van der Waals surface area contributed by atoms with Crippen molar-refractivity contribution in [3.05, 3.63) is 35.9 Å². The van der Waals surface area contributed by atoms with Gasteiger partial charge in [-0.1, -0.05) is 43.2 Å². The molecule has 0 aliphatic carbocycles. The fourth-order valence-corrected chi connectivity index (χ4v) is 3.47. The Morgan fingerprint density at radius 3 is 2.47 bits per heavy atom. The molecule has 9 heteroatoms. The van der Waals surface area contributed by atoms with Gasteiger partial charge >= 0.3 is 6.03 Å². The van der Waals surface area contributed by atoms with Crippen LogP contribution in [0, 0.1) is 0 Å². The van der Waals surface area contributed by atoms with Gasteiger partial charge in [0.05, 0.1) is 6.04 Å². The molecule has 1 aromatic rings. The number of urea groups is 1. The molecule has 9 nitrogen and oxygen atoms in total. The lowest BCUT2D eigenvalue weighted by atomic mass is 10.0. The van der Waals surface area contributed by atoms with Crippen LogP contribution in [-0.4, -0.2) is 49.1 Å². The smallest absolute Gasteiger partial charge is 0.315 e. The predicted octanol–water partition coefficient (Wildman–Crippen LogP) is 0.314. The van der Waals surface area contributed by atoms with Crippen LogP contribution in [0.3, 0.4) is 0 Å². The molecular formula is C21H34N6O3. The summed E-state index contributed by atoms with van der Waals surface area (Å²) in [6.07, 6.45) is 4.57. The summed E-state index contributed by atoms with van der Waals surface area (Å²) >= 11 is 0. The Morgan fingerprint density at radius 2 is 1.80 bits per heavy atom. The minimum Gasteiger partial charge on any atom is -0.354 e. The van der Waals surface area contributed by atoms with Crippen molar-refractivity contribution in [1.29, 1.82) is 0 Å². The molecule has 1 saturated heterocycles. The summed E-state index contributed by atoms with van der Waals surface area (Å²) in [6.45, 7) is 2.72. The lowest BCUT2D eigenvalue weighted by Crippen LogP contribution is -2.49. The molecule has 1 aliphatic heterocycles. The Labute approximate surface area is 177 Å². The van der Waals surface area contributed by atoms with Crippen molar-refractivity contribution in [3.8, 4) is 0 Å². The van der Waals surface area contributed by atoms with Crippen LogP contribution in [-0.2, 0) is 16.0 Å². The minimum atomic E-state index is -0.523. The number of carbonyl (C=O) groups is 3. The van der Waals surface area contributed by atoms with E-state index >= 15 is 0 Å². The third-order valence-corrected chi connectivity index (χ3v) is 5.24. The summed E-state index contributed by atoms with van der Waals surface area (Å²) in [5, 5.41) is 11.3. The number of rotatable bonds is 13. The van der Waals surface area contributed by atoms with E-state index in [1.54, 1.807) is 0 Å². The van der Waals surface area contributed by atoms with E-state index in [1.807, 2.05) is 37.3 Å². The largest absolute Gasteiger partial charge is 0.354 e. The number of hydrogen-bond donors (Lipinski definition) is 6. The van der Waals surface area contributed by atoms with Crippen molar-refractivity contribution < 1.29 is 14.4 Å². The van der Waals surface area contributed by atoms with Crippen LogP contribution in [0.25, 0.3) is 0 Å². The second-order valence-corrected chi connectivity index (χ2v) is 7.66. The van der Waals surface area contributed by atoms with Gasteiger partial charge in [0.15, 0.2) is 0 Å². The normalized spacial score (nSPS) is 18.9. The maximum atomic E-state index is 12.2. The van der Waals surface area contributed by atoms with Crippen LogP contribution in [0.15, 0.2) is 30.3 Å². The van der Waals surface area contributed by atoms with E-state index in [0.717, 1.165) is 31.2 Å². The molecule has 2 rings (SSSR count). The zero-order valence-corrected chi connectivity index (χ0v) is 17.6. The van der Waals surface area contributed by atoms with E-state index < -0.39 is 6.04 Å². The SMILES string of the molecule is C[C@H]1NC(=O)N[C@H]1CCCCCC(=O)NCCNC(=O)[C@H](Cc1ccccc1)NN. The molecule has 0 aromatic heterocycles. The molecule has 0 saturated carbocycles. The van der Waals surface area contributed by atoms with Crippen molar-refractivity contribution in [1.82, 2.24) is 26.7 Å². The standard InChI is InChI=1S/C21H34N6O3/c1-15-17(26-21(30)25-15)10-6-3-7-11-19(28)23-12-13-24-20(29)18(27-22)14-16-8-4-2-5-9-16/h2,4-5,8-9,15,17-18,27H,3,6-7,10-14,22H2,1H3,(H,23,28)(H,24,29)(H2,25,26,30)/t15-,17+,18+/m1/s1. The van der Waals surface area contributed by atoms with Crippen LogP contribution in [0.4, 0.5) is 4.79 Å². The van der Waals surface area contributed by atoms with Gasteiger partial charge in [-0.25, -0.2) is 10.2 Å². The highest BCUT2D eigenvalue weighted by Crippen LogP contribution is 2.11. The quantitative estimate of drug-likeness (QED) is 0.156. The average molecular weight is 419 g/mol. The Morgan fingerprint density at radius 1 is 1.07 bits per heavy atom. The van der Waals surface area contributed by atoms with Gasteiger partial charge in [0, 0.05) is 25.6 Å². The van der Waals surface area contributed by atoms with Crippen LogP contribution >= 0.6 is 0 Å². The van der Waals surface area contributed by atoms with E-state index in [4.69, 9.17) is 5.84 Å². The first-order valence-corrected chi connectivity index (χ1v) is 10.6. The molecular weight excluding hydrogens is 384 g/mol. The zero-order valence-electron chi connectivity index (χ0n) is 17.6. The zero-order chi connectivity index (χ0) is 21.8.